The monoisotopic (exact) mass is 287 g/mol. The van der Waals surface area contributed by atoms with Crippen molar-refractivity contribution in [3.05, 3.63) is 41.6 Å². The number of nitrogens with one attached hydrogen (secondary N) is 1. The van der Waals surface area contributed by atoms with Crippen LogP contribution in [0.3, 0.4) is 0 Å². The number of nitrogens with zero attached hydrogens (tertiary/aromatic N) is 2. The standard InChI is InChI=1S/C15H17N3O3/c1-4-21-15(20)12(9-16)10-17-13-7-5-11(6-8-13)14(19)18(2)3/h5-8,10,17H,4H2,1-3H3/b12-10-. The quantitative estimate of drug-likeness (QED) is 0.507. The molecule has 0 saturated heterocycles. The molecule has 1 aromatic carbocycles. The molecule has 0 unspecified atom stereocenters. The summed E-state index contributed by atoms with van der Waals surface area (Å²) >= 11 is 0. The van der Waals surface area contributed by atoms with Gasteiger partial charge in [-0.2, -0.15) is 5.26 Å². The van der Waals surface area contributed by atoms with E-state index < -0.39 is 5.97 Å². The Bertz CT molecular complexity index is 583. The molecule has 1 aromatic rings. The summed E-state index contributed by atoms with van der Waals surface area (Å²) in [5, 5.41) is 11.7. The van der Waals surface area contributed by atoms with Gasteiger partial charge in [0.15, 0.2) is 5.57 Å². The molecule has 0 atom stereocenters. The summed E-state index contributed by atoms with van der Waals surface area (Å²) in [6, 6.07) is 8.46. The molecule has 0 aromatic heterocycles. The second kappa shape index (κ2) is 7.70. The maximum absolute atomic E-state index is 11.7. The summed E-state index contributed by atoms with van der Waals surface area (Å²) in [4.78, 5) is 24.6. The Morgan fingerprint density at radius 3 is 2.43 bits per heavy atom. The fraction of sp³-hybridized carbons (Fsp3) is 0.267. The SMILES string of the molecule is CCOC(=O)/C(C#N)=C\Nc1ccc(C(=O)N(C)C)cc1. The fourth-order valence-electron chi connectivity index (χ4n) is 1.47. The maximum Gasteiger partial charge on any atom is 0.350 e. The van der Waals surface area contributed by atoms with Crippen LogP contribution in [0.1, 0.15) is 17.3 Å². The summed E-state index contributed by atoms with van der Waals surface area (Å²) in [6.45, 7) is 1.88. The van der Waals surface area contributed by atoms with Crippen LogP contribution < -0.4 is 5.32 Å². The first-order chi connectivity index (χ1) is 9.99. The van der Waals surface area contributed by atoms with Crippen molar-refractivity contribution in [1.82, 2.24) is 4.90 Å². The predicted molar refractivity (Wildman–Crippen MR) is 78.4 cm³/mol. The Labute approximate surface area is 123 Å². The van der Waals surface area contributed by atoms with Crippen LogP contribution in [0.25, 0.3) is 0 Å². The topological polar surface area (TPSA) is 82.4 Å². The van der Waals surface area contributed by atoms with E-state index in [9.17, 15) is 9.59 Å². The Balaban J connectivity index is 2.78. The van der Waals surface area contributed by atoms with Crippen LogP contribution in [0.5, 0.6) is 0 Å². The van der Waals surface area contributed by atoms with E-state index in [1.807, 2.05) is 0 Å². The van der Waals surface area contributed by atoms with Gasteiger partial charge in [0, 0.05) is 31.5 Å². The number of carbonyl (C=O) groups excluding carboxylic acids is 2. The first kappa shape index (κ1) is 16.2. The highest BCUT2D eigenvalue weighted by Crippen LogP contribution is 2.11. The molecule has 0 spiro atoms. The lowest BCUT2D eigenvalue weighted by atomic mass is 10.2. The molecule has 1 rings (SSSR count). The number of esters is 1. The summed E-state index contributed by atoms with van der Waals surface area (Å²) in [7, 11) is 3.35. The minimum atomic E-state index is -0.674. The van der Waals surface area contributed by atoms with Gasteiger partial charge in [0.25, 0.3) is 5.91 Å². The maximum atomic E-state index is 11.7. The number of anilines is 1. The minimum absolute atomic E-state index is 0.0960. The first-order valence-electron chi connectivity index (χ1n) is 6.35. The van der Waals surface area contributed by atoms with Gasteiger partial charge in [0.05, 0.1) is 6.61 Å². The summed E-state index contributed by atoms with van der Waals surface area (Å²) < 4.78 is 4.74. The Hall–Kier alpha value is -2.81. The molecule has 0 radical (unpaired) electrons. The third-order valence-corrected chi connectivity index (χ3v) is 2.54. The number of benzene rings is 1. The number of ether oxygens (including phenoxy) is 1. The molecule has 0 aliphatic carbocycles. The van der Waals surface area contributed by atoms with Crippen molar-refractivity contribution in [1.29, 1.82) is 5.26 Å². The van der Waals surface area contributed by atoms with Gasteiger partial charge in [-0.3, -0.25) is 4.79 Å². The van der Waals surface area contributed by atoms with Crippen molar-refractivity contribution in [2.75, 3.05) is 26.0 Å². The molecule has 0 fully saturated rings. The summed E-state index contributed by atoms with van der Waals surface area (Å²) in [6.07, 6.45) is 1.28. The molecule has 21 heavy (non-hydrogen) atoms. The third-order valence-electron chi connectivity index (χ3n) is 2.54. The zero-order valence-electron chi connectivity index (χ0n) is 12.2. The zero-order valence-corrected chi connectivity index (χ0v) is 12.2. The minimum Gasteiger partial charge on any atom is -0.462 e. The Kier molecular flexibility index (Phi) is 5.96. The number of nitriles is 1. The largest absolute Gasteiger partial charge is 0.462 e. The smallest absolute Gasteiger partial charge is 0.350 e. The van der Waals surface area contributed by atoms with Crippen LogP contribution in [0.4, 0.5) is 5.69 Å². The molecular formula is C15H17N3O3. The molecule has 0 bridgehead atoms. The van der Waals surface area contributed by atoms with E-state index in [1.54, 1.807) is 51.4 Å². The van der Waals surface area contributed by atoms with Crippen molar-refractivity contribution in [2.24, 2.45) is 0 Å². The molecule has 110 valence electrons. The van der Waals surface area contributed by atoms with Crippen LogP contribution in [-0.2, 0) is 9.53 Å². The van der Waals surface area contributed by atoms with E-state index in [1.165, 1.54) is 11.1 Å². The molecule has 0 saturated carbocycles. The second-order valence-corrected chi connectivity index (χ2v) is 4.31. The van der Waals surface area contributed by atoms with Gasteiger partial charge in [-0.05, 0) is 31.2 Å². The molecule has 0 aliphatic heterocycles. The van der Waals surface area contributed by atoms with Crippen LogP contribution in [0.15, 0.2) is 36.0 Å². The number of rotatable bonds is 5. The van der Waals surface area contributed by atoms with Crippen molar-refractivity contribution in [3.8, 4) is 6.07 Å². The van der Waals surface area contributed by atoms with E-state index in [0.717, 1.165) is 0 Å². The Morgan fingerprint density at radius 1 is 1.33 bits per heavy atom. The predicted octanol–water partition coefficient (Wildman–Crippen LogP) is 1.77. The number of carbonyl (C=O) groups is 2. The van der Waals surface area contributed by atoms with Gasteiger partial charge in [-0.15, -0.1) is 0 Å². The van der Waals surface area contributed by atoms with Crippen molar-refractivity contribution in [2.45, 2.75) is 6.92 Å². The van der Waals surface area contributed by atoms with E-state index in [2.05, 4.69) is 5.32 Å². The number of amides is 1. The highest BCUT2D eigenvalue weighted by molar-refractivity contribution is 5.94. The van der Waals surface area contributed by atoms with Crippen LogP contribution in [0.2, 0.25) is 0 Å². The molecule has 1 N–H and O–H groups in total. The normalized spacial score (nSPS) is 10.5. The van der Waals surface area contributed by atoms with Gasteiger partial charge in [-0.1, -0.05) is 0 Å². The summed E-state index contributed by atoms with van der Waals surface area (Å²) in [5.74, 6) is -0.770. The van der Waals surface area contributed by atoms with Crippen molar-refractivity contribution in [3.63, 3.8) is 0 Å². The highest BCUT2D eigenvalue weighted by atomic mass is 16.5. The second-order valence-electron chi connectivity index (χ2n) is 4.31. The average Bonchev–Trinajstić information content (AvgIpc) is 2.48. The molecule has 0 aliphatic rings. The zero-order chi connectivity index (χ0) is 15.8. The molecule has 6 heteroatoms. The molecule has 6 nitrogen and oxygen atoms in total. The van der Waals surface area contributed by atoms with Crippen LogP contribution in [-0.4, -0.2) is 37.5 Å². The lowest BCUT2D eigenvalue weighted by molar-refractivity contribution is -0.138. The van der Waals surface area contributed by atoms with E-state index >= 15 is 0 Å². The van der Waals surface area contributed by atoms with Crippen LogP contribution in [0, 0.1) is 11.3 Å². The summed E-state index contributed by atoms with van der Waals surface area (Å²) in [5.41, 5.74) is 1.09. The Morgan fingerprint density at radius 2 is 1.95 bits per heavy atom. The lowest BCUT2D eigenvalue weighted by Crippen LogP contribution is -2.21. The van der Waals surface area contributed by atoms with Crippen LogP contribution >= 0.6 is 0 Å². The van der Waals surface area contributed by atoms with Gasteiger partial charge in [0.2, 0.25) is 0 Å². The van der Waals surface area contributed by atoms with Gasteiger partial charge >= 0.3 is 5.97 Å². The van der Waals surface area contributed by atoms with Gasteiger partial charge < -0.3 is 15.0 Å². The number of hydrogen-bond acceptors (Lipinski definition) is 5. The van der Waals surface area contributed by atoms with E-state index in [4.69, 9.17) is 10.00 Å². The average molecular weight is 287 g/mol. The van der Waals surface area contributed by atoms with Gasteiger partial charge in [-0.25, -0.2) is 4.79 Å². The van der Waals surface area contributed by atoms with Crippen molar-refractivity contribution >= 4 is 17.6 Å². The fourth-order valence-corrected chi connectivity index (χ4v) is 1.47. The molecule has 0 heterocycles. The molecule has 1 amide bonds. The van der Waals surface area contributed by atoms with Gasteiger partial charge in [0.1, 0.15) is 6.07 Å². The third kappa shape index (κ3) is 4.66. The first-order valence-corrected chi connectivity index (χ1v) is 6.35. The molecular weight excluding hydrogens is 270 g/mol. The van der Waals surface area contributed by atoms with Crippen molar-refractivity contribution < 1.29 is 14.3 Å². The highest BCUT2D eigenvalue weighted by Gasteiger charge is 2.10. The lowest BCUT2D eigenvalue weighted by Gasteiger charge is -2.10. The van der Waals surface area contributed by atoms with E-state index in [0.29, 0.717) is 11.3 Å². The number of hydrogen-bond donors (Lipinski definition) is 1. The van der Waals surface area contributed by atoms with E-state index in [-0.39, 0.29) is 18.1 Å².